The first-order valence-corrected chi connectivity index (χ1v) is 4.61. The van der Waals surface area contributed by atoms with Gasteiger partial charge in [-0.05, 0) is 24.3 Å². The van der Waals surface area contributed by atoms with Gasteiger partial charge in [0.05, 0.1) is 11.8 Å². The van der Waals surface area contributed by atoms with E-state index in [4.69, 9.17) is 5.41 Å². The van der Waals surface area contributed by atoms with Crippen molar-refractivity contribution in [2.45, 2.75) is 6.04 Å². The van der Waals surface area contributed by atoms with Gasteiger partial charge in [0.25, 0.3) is 0 Å². The van der Waals surface area contributed by atoms with E-state index < -0.39 is 0 Å². The maximum atomic E-state index is 7.36. The molecule has 2 N–H and O–H groups in total. The number of nitrogens with one attached hydrogen (secondary N) is 2. The number of benzene rings is 1. The second-order valence-electron chi connectivity index (χ2n) is 3.21. The van der Waals surface area contributed by atoms with E-state index in [1.807, 2.05) is 42.5 Å². The van der Waals surface area contributed by atoms with E-state index in [-0.39, 0.29) is 6.04 Å². The Balaban J connectivity index is 2.03. The number of hydrogen-bond donors (Lipinski definition) is 2. The van der Waals surface area contributed by atoms with Gasteiger partial charge in [0, 0.05) is 5.69 Å². The summed E-state index contributed by atoms with van der Waals surface area (Å²) in [5.41, 5.74) is 1.65. The lowest BCUT2D eigenvalue weighted by Crippen LogP contribution is -2.16. The van der Waals surface area contributed by atoms with Crippen LogP contribution in [0.3, 0.4) is 0 Å². The van der Waals surface area contributed by atoms with Crippen LogP contribution in [0.25, 0.3) is 0 Å². The van der Waals surface area contributed by atoms with Gasteiger partial charge in [-0.1, -0.05) is 30.4 Å². The van der Waals surface area contributed by atoms with Crippen LogP contribution in [0.15, 0.2) is 54.6 Å². The summed E-state index contributed by atoms with van der Waals surface area (Å²) in [7, 11) is 0. The van der Waals surface area contributed by atoms with Gasteiger partial charge in [-0.25, -0.2) is 0 Å². The second kappa shape index (κ2) is 3.92. The minimum Gasteiger partial charge on any atom is -0.375 e. The fourth-order valence-corrected chi connectivity index (χ4v) is 1.36. The molecular weight excluding hydrogens is 172 g/mol. The van der Waals surface area contributed by atoms with Crippen molar-refractivity contribution >= 4 is 11.4 Å². The minimum atomic E-state index is 0.200. The van der Waals surface area contributed by atoms with Crippen molar-refractivity contribution in [3.8, 4) is 0 Å². The molecule has 0 spiro atoms. The molecule has 0 atom stereocenters. The standard InChI is InChI=1S/C12H12N2/c13-10-6-8-12(9-7-10)14-11-4-2-1-3-5-11/h1-9,12-14H. The zero-order valence-electron chi connectivity index (χ0n) is 7.77. The van der Waals surface area contributed by atoms with E-state index in [0.29, 0.717) is 5.71 Å². The highest BCUT2D eigenvalue weighted by molar-refractivity contribution is 6.02. The van der Waals surface area contributed by atoms with Gasteiger partial charge in [0.1, 0.15) is 0 Å². The summed E-state index contributed by atoms with van der Waals surface area (Å²) in [4.78, 5) is 0. The quantitative estimate of drug-likeness (QED) is 0.728. The SMILES string of the molecule is N=C1C=CC(Nc2ccccc2)C=C1. The molecule has 0 fully saturated rings. The number of hydrogen-bond acceptors (Lipinski definition) is 2. The maximum Gasteiger partial charge on any atom is 0.0636 e. The van der Waals surface area contributed by atoms with Crippen molar-refractivity contribution in [2.24, 2.45) is 0 Å². The fraction of sp³-hybridized carbons (Fsp3) is 0.0833. The Labute approximate surface area is 83.5 Å². The largest absolute Gasteiger partial charge is 0.375 e. The smallest absolute Gasteiger partial charge is 0.0636 e. The highest BCUT2D eigenvalue weighted by atomic mass is 14.9. The predicted octanol–water partition coefficient (Wildman–Crippen LogP) is 2.61. The van der Waals surface area contributed by atoms with Crippen molar-refractivity contribution in [3.63, 3.8) is 0 Å². The van der Waals surface area contributed by atoms with Gasteiger partial charge in [-0.3, -0.25) is 0 Å². The minimum absolute atomic E-state index is 0.200. The average Bonchev–Trinajstić information content (AvgIpc) is 2.23. The lowest BCUT2D eigenvalue weighted by atomic mass is 10.1. The summed E-state index contributed by atoms with van der Waals surface area (Å²) in [5, 5.41) is 10.7. The van der Waals surface area contributed by atoms with E-state index in [1.54, 1.807) is 12.2 Å². The van der Waals surface area contributed by atoms with Crippen LogP contribution in [-0.2, 0) is 0 Å². The van der Waals surface area contributed by atoms with E-state index in [1.165, 1.54) is 0 Å². The highest BCUT2D eigenvalue weighted by Crippen LogP contribution is 2.10. The zero-order valence-corrected chi connectivity index (χ0v) is 7.77. The molecule has 0 saturated carbocycles. The first-order valence-electron chi connectivity index (χ1n) is 4.61. The molecule has 0 aromatic heterocycles. The van der Waals surface area contributed by atoms with Crippen LogP contribution >= 0.6 is 0 Å². The summed E-state index contributed by atoms with van der Waals surface area (Å²) in [5.74, 6) is 0. The van der Waals surface area contributed by atoms with E-state index in [2.05, 4.69) is 5.32 Å². The molecule has 2 rings (SSSR count). The lowest BCUT2D eigenvalue weighted by molar-refractivity contribution is 1.10. The van der Waals surface area contributed by atoms with Crippen molar-refractivity contribution < 1.29 is 0 Å². The number of anilines is 1. The average molecular weight is 184 g/mol. The Hall–Kier alpha value is -1.83. The molecule has 0 radical (unpaired) electrons. The molecule has 1 aliphatic carbocycles. The zero-order chi connectivity index (χ0) is 9.80. The molecule has 14 heavy (non-hydrogen) atoms. The second-order valence-corrected chi connectivity index (χ2v) is 3.21. The van der Waals surface area contributed by atoms with Crippen LogP contribution in [0.2, 0.25) is 0 Å². The molecule has 0 amide bonds. The summed E-state index contributed by atoms with van der Waals surface area (Å²) >= 11 is 0. The van der Waals surface area contributed by atoms with Crippen molar-refractivity contribution in [3.05, 3.63) is 54.6 Å². The molecule has 1 aliphatic rings. The third-order valence-corrected chi connectivity index (χ3v) is 2.07. The molecule has 2 nitrogen and oxygen atoms in total. The van der Waals surface area contributed by atoms with Gasteiger partial charge >= 0.3 is 0 Å². The lowest BCUT2D eigenvalue weighted by Gasteiger charge is -2.14. The molecular formula is C12H12N2. The predicted molar refractivity (Wildman–Crippen MR) is 59.9 cm³/mol. The summed E-state index contributed by atoms with van der Waals surface area (Å²) < 4.78 is 0. The number of para-hydroxylation sites is 1. The maximum absolute atomic E-state index is 7.36. The Bertz CT molecular complexity index is 361. The van der Waals surface area contributed by atoms with Crippen molar-refractivity contribution in [1.29, 1.82) is 5.41 Å². The molecule has 1 aromatic rings. The van der Waals surface area contributed by atoms with Crippen LogP contribution in [-0.4, -0.2) is 11.8 Å². The highest BCUT2D eigenvalue weighted by Gasteiger charge is 2.03. The van der Waals surface area contributed by atoms with Crippen molar-refractivity contribution in [2.75, 3.05) is 5.32 Å². The Morgan fingerprint density at radius 1 is 1.00 bits per heavy atom. The van der Waals surface area contributed by atoms with E-state index >= 15 is 0 Å². The molecule has 0 aliphatic heterocycles. The van der Waals surface area contributed by atoms with Crippen LogP contribution in [0, 0.1) is 5.41 Å². The Morgan fingerprint density at radius 2 is 1.64 bits per heavy atom. The van der Waals surface area contributed by atoms with Crippen LogP contribution in [0.4, 0.5) is 5.69 Å². The number of allylic oxidation sites excluding steroid dienone is 2. The van der Waals surface area contributed by atoms with Gasteiger partial charge in [-0.15, -0.1) is 0 Å². The Morgan fingerprint density at radius 3 is 2.29 bits per heavy atom. The van der Waals surface area contributed by atoms with Gasteiger partial charge in [-0.2, -0.15) is 0 Å². The first-order chi connectivity index (χ1) is 6.84. The fourth-order valence-electron chi connectivity index (χ4n) is 1.36. The van der Waals surface area contributed by atoms with E-state index in [0.717, 1.165) is 5.69 Å². The van der Waals surface area contributed by atoms with Gasteiger partial charge < -0.3 is 10.7 Å². The molecule has 1 aromatic carbocycles. The normalized spacial score (nSPS) is 19.7. The molecule has 0 unspecified atom stereocenters. The van der Waals surface area contributed by atoms with Crippen LogP contribution < -0.4 is 5.32 Å². The molecule has 0 bridgehead atoms. The summed E-state index contributed by atoms with van der Waals surface area (Å²) in [6, 6.07) is 10.3. The molecule has 2 heteroatoms. The van der Waals surface area contributed by atoms with Gasteiger partial charge in [0.15, 0.2) is 0 Å². The summed E-state index contributed by atoms with van der Waals surface area (Å²) in [6.07, 6.45) is 7.58. The molecule has 70 valence electrons. The monoisotopic (exact) mass is 184 g/mol. The third-order valence-electron chi connectivity index (χ3n) is 2.07. The van der Waals surface area contributed by atoms with Crippen LogP contribution in [0.1, 0.15) is 0 Å². The molecule has 0 saturated heterocycles. The van der Waals surface area contributed by atoms with Gasteiger partial charge in [0.2, 0.25) is 0 Å². The molecule has 0 heterocycles. The first kappa shape index (κ1) is 8.75. The Kier molecular flexibility index (Phi) is 2.45. The summed E-state index contributed by atoms with van der Waals surface area (Å²) in [6.45, 7) is 0. The number of rotatable bonds is 2. The third kappa shape index (κ3) is 2.10. The topological polar surface area (TPSA) is 35.9 Å². The van der Waals surface area contributed by atoms with Crippen LogP contribution in [0.5, 0.6) is 0 Å². The van der Waals surface area contributed by atoms with Crippen molar-refractivity contribution in [1.82, 2.24) is 0 Å². The van der Waals surface area contributed by atoms with E-state index in [9.17, 15) is 0 Å².